The number of nitrogens with zero attached hydrogens (tertiary/aromatic N) is 2. The maximum absolute atomic E-state index is 12.4. The third-order valence-corrected chi connectivity index (χ3v) is 5.57. The molecule has 0 N–H and O–H groups in total. The van der Waals surface area contributed by atoms with E-state index in [4.69, 9.17) is 0 Å². The molecule has 1 aromatic carbocycles. The van der Waals surface area contributed by atoms with E-state index in [1.807, 2.05) is 37.5 Å². The highest BCUT2D eigenvalue weighted by atomic mass is 32.2. The third kappa shape index (κ3) is 4.32. The van der Waals surface area contributed by atoms with Gasteiger partial charge in [0, 0.05) is 25.0 Å². The Morgan fingerprint density at radius 1 is 1.25 bits per heavy atom. The molecule has 0 saturated carbocycles. The summed E-state index contributed by atoms with van der Waals surface area (Å²) in [5.74, 6) is 0.796. The van der Waals surface area contributed by atoms with E-state index >= 15 is 0 Å². The molecule has 0 radical (unpaired) electrons. The molecule has 0 aromatic heterocycles. The summed E-state index contributed by atoms with van der Waals surface area (Å²) in [7, 11) is 0. The second-order valence-corrected chi connectivity index (χ2v) is 8.01. The number of amides is 2. The van der Waals surface area contributed by atoms with Crippen molar-refractivity contribution in [3.05, 3.63) is 35.4 Å². The molecule has 1 fully saturated rings. The monoisotopic (exact) mass is 348 g/mol. The van der Waals surface area contributed by atoms with Crippen molar-refractivity contribution in [2.75, 3.05) is 18.8 Å². The first-order valence-corrected chi connectivity index (χ1v) is 9.64. The van der Waals surface area contributed by atoms with E-state index in [0.29, 0.717) is 18.8 Å². The number of rotatable bonds is 6. The van der Waals surface area contributed by atoms with E-state index in [1.54, 1.807) is 11.8 Å². The first kappa shape index (κ1) is 18.8. The van der Waals surface area contributed by atoms with Crippen molar-refractivity contribution in [1.29, 1.82) is 0 Å². The number of benzene rings is 1. The summed E-state index contributed by atoms with van der Waals surface area (Å²) >= 11 is 1.67. The van der Waals surface area contributed by atoms with Gasteiger partial charge in [-0.3, -0.25) is 9.59 Å². The van der Waals surface area contributed by atoms with Gasteiger partial charge in [0.05, 0.1) is 5.75 Å². The van der Waals surface area contributed by atoms with E-state index in [2.05, 4.69) is 31.2 Å². The standard InChI is InChI=1S/C19H28N2O2S/c1-13(2)18(23)20(14(3)4)10-11-21-17(22)12-24-19(21)16-8-6-15(5)7-9-16/h6-9,13-14,19H,10-12H2,1-5H3/t19-/m1/s1. The normalized spacial score (nSPS) is 17.9. The lowest BCUT2D eigenvalue weighted by molar-refractivity contribution is -0.138. The van der Waals surface area contributed by atoms with Crippen LogP contribution in [-0.4, -0.2) is 46.5 Å². The Labute approximate surface area is 149 Å². The highest BCUT2D eigenvalue weighted by molar-refractivity contribution is 8.00. The Morgan fingerprint density at radius 2 is 1.88 bits per heavy atom. The van der Waals surface area contributed by atoms with Crippen LogP contribution in [0, 0.1) is 12.8 Å². The first-order chi connectivity index (χ1) is 11.3. The molecule has 1 aliphatic rings. The molecular weight excluding hydrogens is 320 g/mol. The summed E-state index contributed by atoms with van der Waals surface area (Å²) in [5.41, 5.74) is 2.37. The van der Waals surface area contributed by atoms with Crippen molar-refractivity contribution in [1.82, 2.24) is 9.80 Å². The minimum absolute atomic E-state index is 0.0241. The zero-order valence-electron chi connectivity index (χ0n) is 15.3. The van der Waals surface area contributed by atoms with Gasteiger partial charge < -0.3 is 9.80 Å². The average molecular weight is 349 g/mol. The van der Waals surface area contributed by atoms with Crippen LogP contribution in [0.1, 0.15) is 44.2 Å². The van der Waals surface area contributed by atoms with Crippen LogP contribution in [0.5, 0.6) is 0 Å². The molecule has 2 rings (SSSR count). The van der Waals surface area contributed by atoms with E-state index in [1.165, 1.54) is 5.56 Å². The quantitative estimate of drug-likeness (QED) is 0.790. The molecule has 1 heterocycles. The largest absolute Gasteiger partial charge is 0.338 e. The molecule has 0 bridgehead atoms. The summed E-state index contributed by atoms with van der Waals surface area (Å²) in [4.78, 5) is 28.5. The smallest absolute Gasteiger partial charge is 0.233 e. The average Bonchev–Trinajstić information content (AvgIpc) is 2.89. The van der Waals surface area contributed by atoms with Gasteiger partial charge in [0.2, 0.25) is 11.8 Å². The van der Waals surface area contributed by atoms with Gasteiger partial charge in [0.25, 0.3) is 0 Å². The van der Waals surface area contributed by atoms with Crippen LogP contribution in [-0.2, 0) is 9.59 Å². The first-order valence-electron chi connectivity index (χ1n) is 8.59. The molecule has 1 saturated heterocycles. The molecule has 4 nitrogen and oxygen atoms in total. The lowest BCUT2D eigenvalue weighted by atomic mass is 10.1. The number of hydrogen-bond acceptors (Lipinski definition) is 3. The molecule has 132 valence electrons. The molecule has 2 amide bonds. The predicted octanol–water partition coefficient (Wildman–Crippen LogP) is 3.46. The highest BCUT2D eigenvalue weighted by Crippen LogP contribution is 2.38. The van der Waals surface area contributed by atoms with E-state index in [-0.39, 0.29) is 29.1 Å². The molecule has 1 aromatic rings. The third-order valence-electron chi connectivity index (χ3n) is 4.31. The van der Waals surface area contributed by atoms with Crippen LogP contribution in [0.15, 0.2) is 24.3 Å². The van der Waals surface area contributed by atoms with E-state index in [9.17, 15) is 9.59 Å². The van der Waals surface area contributed by atoms with E-state index < -0.39 is 0 Å². The van der Waals surface area contributed by atoms with Gasteiger partial charge in [-0.25, -0.2) is 0 Å². The van der Waals surface area contributed by atoms with Gasteiger partial charge in [0.1, 0.15) is 5.37 Å². The summed E-state index contributed by atoms with van der Waals surface area (Å²) < 4.78 is 0. The summed E-state index contributed by atoms with van der Waals surface area (Å²) in [5, 5.41) is 0.0567. The van der Waals surface area contributed by atoms with Crippen molar-refractivity contribution >= 4 is 23.6 Å². The Kier molecular flexibility index (Phi) is 6.33. The Balaban J connectivity index is 2.09. The van der Waals surface area contributed by atoms with Gasteiger partial charge in [-0.05, 0) is 26.3 Å². The zero-order chi connectivity index (χ0) is 17.9. The van der Waals surface area contributed by atoms with Crippen molar-refractivity contribution in [3.8, 4) is 0 Å². The Morgan fingerprint density at radius 3 is 2.42 bits per heavy atom. The van der Waals surface area contributed by atoms with Crippen LogP contribution in [0.2, 0.25) is 0 Å². The second kappa shape index (κ2) is 8.06. The van der Waals surface area contributed by atoms with Crippen LogP contribution in [0.25, 0.3) is 0 Å². The lowest BCUT2D eigenvalue weighted by Crippen LogP contribution is -2.45. The van der Waals surface area contributed by atoms with Gasteiger partial charge in [-0.2, -0.15) is 0 Å². The summed E-state index contributed by atoms with van der Waals surface area (Å²) in [6.45, 7) is 11.1. The highest BCUT2D eigenvalue weighted by Gasteiger charge is 2.33. The molecular formula is C19H28N2O2S. The Bertz CT molecular complexity index is 584. The topological polar surface area (TPSA) is 40.6 Å². The SMILES string of the molecule is Cc1ccc([C@H]2SCC(=O)N2CCN(C(=O)C(C)C)C(C)C)cc1. The van der Waals surface area contributed by atoms with Crippen molar-refractivity contribution in [2.45, 2.75) is 46.0 Å². The van der Waals surface area contributed by atoms with Crippen molar-refractivity contribution in [3.63, 3.8) is 0 Å². The van der Waals surface area contributed by atoms with Crippen molar-refractivity contribution < 1.29 is 9.59 Å². The van der Waals surface area contributed by atoms with Crippen LogP contribution < -0.4 is 0 Å². The zero-order valence-corrected chi connectivity index (χ0v) is 16.1. The predicted molar refractivity (Wildman–Crippen MR) is 99.8 cm³/mol. The maximum atomic E-state index is 12.4. The Hall–Kier alpha value is -1.49. The molecule has 1 aliphatic heterocycles. The van der Waals surface area contributed by atoms with Gasteiger partial charge in [-0.1, -0.05) is 43.7 Å². The fourth-order valence-electron chi connectivity index (χ4n) is 2.87. The second-order valence-electron chi connectivity index (χ2n) is 6.94. The fourth-order valence-corrected chi connectivity index (χ4v) is 4.09. The number of aryl methyl sites for hydroxylation is 1. The molecule has 1 atom stereocenters. The molecule has 0 aliphatic carbocycles. The van der Waals surface area contributed by atoms with Crippen LogP contribution >= 0.6 is 11.8 Å². The van der Waals surface area contributed by atoms with Gasteiger partial charge in [0.15, 0.2) is 0 Å². The van der Waals surface area contributed by atoms with Gasteiger partial charge >= 0.3 is 0 Å². The maximum Gasteiger partial charge on any atom is 0.233 e. The van der Waals surface area contributed by atoms with Crippen molar-refractivity contribution in [2.24, 2.45) is 5.92 Å². The lowest BCUT2D eigenvalue weighted by Gasteiger charge is -2.32. The summed E-state index contributed by atoms with van der Waals surface area (Å²) in [6.07, 6.45) is 0. The summed E-state index contributed by atoms with van der Waals surface area (Å²) in [6, 6.07) is 8.50. The number of thioether (sulfide) groups is 1. The molecule has 5 heteroatoms. The number of carbonyl (C=O) groups is 2. The number of hydrogen-bond donors (Lipinski definition) is 0. The van der Waals surface area contributed by atoms with E-state index in [0.717, 1.165) is 5.56 Å². The molecule has 0 spiro atoms. The molecule has 24 heavy (non-hydrogen) atoms. The van der Waals surface area contributed by atoms with Gasteiger partial charge in [-0.15, -0.1) is 11.8 Å². The fraction of sp³-hybridized carbons (Fsp3) is 0.579. The minimum Gasteiger partial charge on any atom is -0.338 e. The van der Waals surface area contributed by atoms with Crippen LogP contribution in [0.3, 0.4) is 0 Å². The number of carbonyl (C=O) groups excluding carboxylic acids is 2. The molecule has 0 unspecified atom stereocenters. The van der Waals surface area contributed by atoms with Crippen LogP contribution in [0.4, 0.5) is 0 Å². The minimum atomic E-state index is -0.0241.